The Balaban J connectivity index is 1.34. The van der Waals surface area contributed by atoms with Gasteiger partial charge in [0.15, 0.2) is 0 Å². The van der Waals surface area contributed by atoms with Crippen molar-refractivity contribution in [3.05, 3.63) is 102 Å². The summed E-state index contributed by atoms with van der Waals surface area (Å²) in [5.41, 5.74) is 2.65. The Morgan fingerprint density at radius 1 is 0.927 bits per heavy atom. The SMILES string of the molecule is COc1ccc(COC(=O)NC(C)(Cc2c[nH]c3ccccc23)C(=O)NCC2(c3ccccc3)CCCCC2)cc1. The fourth-order valence-electron chi connectivity index (χ4n) is 6.00. The lowest BCUT2D eigenvalue weighted by Gasteiger charge is -2.39. The molecule has 3 aromatic carbocycles. The van der Waals surface area contributed by atoms with Crippen LogP contribution in [0.25, 0.3) is 10.9 Å². The summed E-state index contributed by atoms with van der Waals surface area (Å²) in [6, 6.07) is 25.8. The van der Waals surface area contributed by atoms with E-state index in [1.807, 2.05) is 60.8 Å². The number of H-pyrrole nitrogens is 1. The average Bonchev–Trinajstić information content (AvgIpc) is 3.42. The fourth-order valence-corrected chi connectivity index (χ4v) is 6.00. The first kappa shape index (κ1) is 28.3. The van der Waals surface area contributed by atoms with Crippen LogP contribution < -0.4 is 15.4 Å². The Morgan fingerprint density at radius 3 is 2.37 bits per heavy atom. The number of fused-ring (bicyclic) bond motifs is 1. The molecule has 1 saturated carbocycles. The van der Waals surface area contributed by atoms with E-state index >= 15 is 0 Å². The number of carbonyl (C=O) groups is 2. The molecule has 0 aliphatic heterocycles. The number of rotatable bonds is 10. The molecule has 5 rings (SSSR count). The summed E-state index contributed by atoms with van der Waals surface area (Å²) in [4.78, 5) is 30.4. The minimum atomic E-state index is -1.24. The van der Waals surface area contributed by atoms with E-state index in [4.69, 9.17) is 9.47 Å². The number of ether oxygens (including phenoxy) is 2. The van der Waals surface area contributed by atoms with Gasteiger partial charge in [0.25, 0.3) is 0 Å². The third kappa shape index (κ3) is 6.56. The Kier molecular flexibility index (Phi) is 8.62. The molecule has 1 aromatic heterocycles. The van der Waals surface area contributed by atoms with Crippen LogP contribution in [-0.4, -0.2) is 36.2 Å². The van der Waals surface area contributed by atoms with Gasteiger partial charge in [-0.1, -0.05) is 79.9 Å². The molecule has 1 aliphatic carbocycles. The van der Waals surface area contributed by atoms with Crippen molar-refractivity contribution in [1.29, 1.82) is 0 Å². The first-order valence-corrected chi connectivity index (χ1v) is 14.4. The van der Waals surface area contributed by atoms with Crippen molar-refractivity contribution in [2.45, 2.75) is 63.0 Å². The largest absolute Gasteiger partial charge is 0.497 e. The van der Waals surface area contributed by atoms with Gasteiger partial charge in [-0.3, -0.25) is 4.79 Å². The number of hydrogen-bond donors (Lipinski definition) is 3. The summed E-state index contributed by atoms with van der Waals surface area (Å²) in [5.74, 6) is 0.498. The number of nitrogens with one attached hydrogen (secondary N) is 3. The van der Waals surface area contributed by atoms with Gasteiger partial charge in [-0.2, -0.15) is 0 Å². The smallest absolute Gasteiger partial charge is 0.408 e. The molecule has 1 fully saturated rings. The zero-order chi connectivity index (χ0) is 28.7. The number of para-hydroxylation sites is 1. The van der Waals surface area contributed by atoms with Crippen molar-refractivity contribution >= 4 is 22.9 Å². The topological polar surface area (TPSA) is 92.5 Å². The first-order valence-electron chi connectivity index (χ1n) is 14.4. The number of aromatic amines is 1. The van der Waals surface area contributed by atoms with Gasteiger partial charge in [-0.15, -0.1) is 0 Å². The van der Waals surface area contributed by atoms with Crippen LogP contribution in [0.15, 0.2) is 85.1 Å². The van der Waals surface area contributed by atoms with E-state index in [1.165, 1.54) is 12.0 Å². The Hall–Kier alpha value is -4.26. The molecule has 0 radical (unpaired) electrons. The molecule has 1 unspecified atom stereocenters. The number of hydrogen-bond acceptors (Lipinski definition) is 4. The maximum atomic E-state index is 14.0. The van der Waals surface area contributed by atoms with E-state index in [1.54, 1.807) is 14.0 Å². The number of benzene rings is 3. The summed E-state index contributed by atoms with van der Waals surface area (Å²) in [6.45, 7) is 2.37. The van der Waals surface area contributed by atoms with E-state index in [9.17, 15) is 9.59 Å². The van der Waals surface area contributed by atoms with E-state index in [0.717, 1.165) is 53.5 Å². The standard InChI is InChI=1S/C34H39N3O4/c1-33(21-26-22-35-30-14-8-7-13-29(26)30,37-32(39)41-23-25-15-17-28(40-2)18-16-25)31(38)36-24-34(19-9-4-10-20-34)27-11-5-3-6-12-27/h3,5-8,11-18,22,35H,4,9-10,19-21,23-24H2,1-2H3,(H,36,38)(H,37,39). The second kappa shape index (κ2) is 12.5. The summed E-state index contributed by atoms with van der Waals surface area (Å²) in [5, 5.41) is 7.19. The second-order valence-electron chi connectivity index (χ2n) is 11.3. The predicted molar refractivity (Wildman–Crippen MR) is 161 cm³/mol. The van der Waals surface area contributed by atoms with Crippen LogP contribution in [0.4, 0.5) is 4.79 Å². The summed E-state index contributed by atoms with van der Waals surface area (Å²) in [7, 11) is 1.61. The molecule has 7 heteroatoms. The molecule has 4 aromatic rings. The fraction of sp³-hybridized carbons (Fsp3) is 0.353. The highest BCUT2D eigenvalue weighted by molar-refractivity contribution is 5.91. The Morgan fingerprint density at radius 2 is 1.63 bits per heavy atom. The molecule has 0 saturated heterocycles. The molecule has 214 valence electrons. The van der Waals surface area contributed by atoms with Crippen LogP contribution >= 0.6 is 0 Å². The third-order valence-electron chi connectivity index (χ3n) is 8.41. The Bertz CT molecular complexity index is 1460. The van der Waals surface area contributed by atoms with Crippen LogP contribution in [-0.2, 0) is 28.0 Å². The lowest BCUT2D eigenvalue weighted by atomic mass is 9.69. The highest BCUT2D eigenvalue weighted by atomic mass is 16.5. The van der Waals surface area contributed by atoms with Gasteiger partial charge >= 0.3 is 6.09 Å². The zero-order valence-electron chi connectivity index (χ0n) is 23.9. The zero-order valence-corrected chi connectivity index (χ0v) is 23.9. The van der Waals surface area contributed by atoms with Crippen LogP contribution in [0, 0.1) is 0 Å². The maximum Gasteiger partial charge on any atom is 0.408 e. The monoisotopic (exact) mass is 553 g/mol. The number of alkyl carbamates (subject to hydrolysis) is 1. The Labute approximate surface area is 241 Å². The summed E-state index contributed by atoms with van der Waals surface area (Å²) < 4.78 is 10.8. The van der Waals surface area contributed by atoms with Gasteiger partial charge in [0.05, 0.1) is 7.11 Å². The number of aromatic nitrogens is 1. The molecule has 41 heavy (non-hydrogen) atoms. The van der Waals surface area contributed by atoms with E-state index in [-0.39, 0.29) is 17.9 Å². The molecule has 2 amide bonds. The first-order chi connectivity index (χ1) is 19.9. The molecule has 1 heterocycles. The summed E-state index contributed by atoms with van der Waals surface area (Å²) >= 11 is 0. The van der Waals surface area contributed by atoms with Crippen molar-refractivity contribution < 1.29 is 19.1 Å². The quantitative estimate of drug-likeness (QED) is 0.211. The van der Waals surface area contributed by atoms with Gasteiger partial charge in [-0.25, -0.2) is 4.79 Å². The highest BCUT2D eigenvalue weighted by Crippen LogP contribution is 2.39. The van der Waals surface area contributed by atoms with E-state index in [2.05, 4.69) is 39.9 Å². The minimum absolute atomic E-state index is 0.0811. The molecular formula is C34H39N3O4. The predicted octanol–water partition coefficient (Wildman–Crippen LogP) is 6.42. The molecule has 1 aliphatic rings. The van der Waals surface area contributed by atoms with Gasteiger partial charge in [-0.05, 0) is 54.7 Å². The van der Waals surface area contributed by atoms with Crippen molar-refractivity contribution in [3.63, 3.8) is 0 Å². The third-order valence-corrected chi connectivity index (χ3v) is 8.41. The minimum Gasteiger partial charge on any atom is -0.497 e. The lowest BCUT2D eigenvalue weighted by molar-refractivity contribution is -0.127. The average molecular weight is 554 g/mol. The number of carbonyl (C=O) groups excluding carboxylic acids is 2. The molecule has 7 nitrogen and oxygen atoms in total. The van der Waals surface area contributed by atoms with Crippen molar-refractivity contribution in [3.8, 4) is 5.75 Å². The van der Waals surface area contributed by atoms with E-state index in [0.29, 0.717) is 13.0 Å². The van der Waals surface area contributed by atoms with Crippen LogP contribution in [0.3, 0.4) is 0 Å². The molecule has 0 bridgehead atoms. The number of methoxy groups -OCH3 is 1. The molecule has 3 N–H and O–H groups in total. The molecular weight excluding hydrogens is 514 g/mol. The summed E-state index contributed by atoms with van der Waals surface area (Å²) in [6.07, 6.45) is 7.09. The van der Waals surface area contributed by atoms with Crippen molar-refractivity contribution in [2.75, 3.05) is 13.7 Å². The lowest BCUT2D eigenvalue weighted by Crippen LogP contribution is -2.59. The van der Waals surface area contributed by atoms with E-state index < -0.39 is 11.6 Å². The van der Waals surface area contributed by atoms with Crippen LogP contribution in [0.2, 0.25) is 0 Å². The van der Waals surface area contributed by atoms with Crippen LogP contribution in [0.1, 0.15) is 55.7 Å². The van der Waals surface area contributed by atoms with Crippen LogP contribution in [0.5, 0.6) is 5.75 Å². The maximum absolute atomic E-state index is 14.0. The van der Waals surface area contributed by atoms with Gasteiger partial charge < -0.3 is 25.1 Å². The van der Waals surface area contributed by atoms with Crippen molar-refractivity contribution in [1.82, 2.24) is 15.6 Å². The van der Waals surface area contributed by atoms with Gasteiger partial charge in [0.2, 0.25) is 5.91 Å². The molecule has 0 spiro atoms. The second-order valence-corrected chi connectivity index (χ2v) is 11.3. The molecule has 1 atom stereocenters. The highest BCUT2D eigenvalue weighted by Gasteiger charge is 2.40. The van der Waals surface area contributed by atoms with Crippen molar-refractivity contribution in [2.24, 2.45) is 0 Å². The number of amides is 2. The van der Waals surface area contributed by atoms with Gasteiger partial charge in [0, 0.05) is 35.5 Å². The van der Waals surface area contributed by atoms with Gasteiger partial charge in [0.1, 0.15) is 17.9 Å². The normalized spacial score (nSPS) is 16.0.